The summed E-state index contributed by atoms with van der Waals surface area (Å²) < 4.78 is 12.6. The smallest absolute Gasteiger partial charge is 0.119 e. The number of hydrogen-bond donors (Lipinski definition) is 0. The molecule has 0 radical (unpaired) electrons. The zero-order valence-corrected chi connectivity index (χ0v) is 7.99. The first-order chi connectivity index (χ1) is 6.76. The van der Waals surface area contributed by atoms with Crippen LogP contribution in [0.15, 0.2) is 30.8 Å². The summed E-state index contributed by atoms with van der Waals surface area (Å²) in [5.41, 5.74) is 1.09. The summed E-state index contributed by atoms with van der Waals surface area (Å²) in [5, 5.41) is 0. The van der Waals surface area contributed by atoms with E-state index in [2.05, 4.69) is 6.58 Å². The highest BCUT2D eigenvalue weighted by atomic mass is 16.5. The van der Waals surface area contributed by atoms with Gasteiger partial charge in [-0.25, -0.2) is 0 Å². The summed E-state index contributed by atoms with van der Waals surface area (Å²) in [4.78, 5) is 0. The van der Waals surface area contributed by atoms with Crippen LogP contribution in [0.3, 0.4) is 0 Å². The molecule has 0 amide bonds. The predicted molar refractivity (Wildman–Crippen MR) is 56.9 cm³/mol. The maximum absolute atomic E-state index is 7.15. The van der Waals surface area contributed by atoms with Gasteiger partial charge >= 0.3 is 0 Å². The van der Waals surface area contributed by atoms with Crippen LogP contribution in [0.5, 0.6) is 5.75 Å². The van der Waals surface area contributed by atoms with Crippen molar-refractivity contribution in [1.29, 1.82) is 0 Å². The Labute approximate surface area is 81.4 Å². The number of hydrogen-bond acceptors (Lipinski definition) is 1. The van der Waals surface area contributed by atoms with Gasteiger partial charge in [0.1, 0.15) is 5.75 Å². The average Bonchev–Trinajstić information content (AvgIpc) is 2.26. The first-order valence-electron chi connectivity index (χ1n) is 5.11. The minimum absolute atomic E-state index is 0.286. The lowest BCUT2D eigenvalue weighted by molar-refractivity contribution is 0.271. The van der Waals surface area contributed by atoms with Gasteiger partial charge in [0.25, 0.3) is 0 Å². The molecular weight excluding hydrogens is 160 g/mol. The van der Waals surface area contributed by atoms with Crippen LogP contribution in [0.2, 0.25) is 0 Å². The van der Waals surface area contributed by atoms with Crippen LogP contribution < -0.4 is 4.74 Å². The quantitative estimate of drug-likeness (QED) is 0.687. The van der Waals surface area contributed by atoms with Gasteiger partial charge < -0.3 is 4.74 Å². The molecule has 0 saturated carbocycles. The lowest BCUT2D eigenvalue weighted by Gasteiger charge is -2.08. The molecule has 0 N–H and O–H groups in total. The third kappa shape index (κ3) is 3.32. The lowest BCUT2D eigenvalue weighted by Crippen LogP contribution is -2.04. The van der Waals surface area contributed by atoms with Gasteiger partial charge in [-0.3, -0.25) is 0 Å². The Kier molecular flexibility index (Phi) is 3.03. The normalized spacial score (nSPS) is 13.2. The highest BCUT2D eigenvalue weighted by molar-refractivity contribution is 5.48. The minimum atomic E-state index is 0.286. The second-order valence-electron chi connectivity index (χ2n) is 3.19. The minimum Gasteiger partial charge on any atom is -0.493 e. The van der Waals surface area contributed by atoms with E-state index in [9.17, 15) is 0 Å². The fourth-order valence-electron chi connectivity index (χ4n) is 0.939. The van der Waals surface area contributed by atoms with Crippen molar-refractivity contribution in [3.05, 3.63) is 36.4 Å². The monoisotopic (exact) mass is 178 g/mol. The molecule has 1 atom stereocenters. The van der Waals surface area contributed by atoms with E-state index in [1.165, 1.54) is 0 Å². The van der Waals surface area contributed by atoms with E-state index in [1.54, 1.807) is 6.08 Å². The first kappa shape index (κ1) is 8.36. The molecule has 0 aliphatic rings. The Hall–Kier alpha value is -1.24. The Morgan fingerprint density at radius 1 is 1.54 bits per heavy atom. The molecule has 0 aliphatic carbocycles. The first-order valence-corrected chi connectivity index (χ1v) is 4.40. The molecule has 1 nitrogen and oxygen atoms in total. The molecule has 0 saturated heterocycles. The van der Waals surface area contributed by atoms with Crippen molar-refractivity contribution in [2.24, 2.45) is 5.92 Å². The molecule has 13 heavy (non-hydrogen) atoms. The number of rotatable bonds is 4. The Morgan fingerprint density at radius 2 is 2.23 bits per heavy atom. The predicted octanol–water partition coefficient (Wildman–Crippen LogP) is 3.36. The Morgan fingerprint density at radius 3 is 2.77 bits per heavy atom. The van der Waals surface area contributed by atoms with E-state index >= 15 is 0 Å². The fraction of sp³-hybridized carbons (Fsp3) is 0.333. The molecule has 0 fully saturated rings. The van der Waals surface area contributed by atoms with Crippen molar-refractivity contribution in [2.45, 2.75) is 13.8 Å². The topological polar surface area (TPSA) is 9.23 Å². The Bertz CT molecular complexity index is 279. The van der Waals surface area contributed by atoms with E-state index in [-0.39, 0.29) is 5.92 Å². The van der Waals surface area contributed by atoms with Crippen LogP contribution in [0.4, 0.5) is 0 Å². The molecule has 1 aromatic carbocycles. The molecule has 0 heterocycles. The van der Waals surface area contributed by atoms with Crippen LogP contribution >= 0.6 is 0 Å². The third-order valence-electron chi connectivity index (χ3n) is 1.65. The van der Waals surface area contributed by atoms with Crippen LogP contribution in [0.25, 0.3) is 6.08 Å². The van der Waals surface area contributed by atoms with E-state index in [1.807, 2.05) is 31.2 Å². The molecule has 0 bridgehead atoms. The second-order valence-corrected chi connectivity index (χ2v) is 3.19. The molecule has 70 valence electrons. The maximum atomic E-state index is 7.15. The van der Waals surface area contributed by atoms with Gasteiger partial charge in [0, 0.05) is 1.37 Å². The third-order valence-corrected chi connectivity index (χ3v) is 1.65. The molecule has 0 aliphatic heterocycles. The van der Waals surface area contributed by atoms with Crippen molar-refractivity contribution >= 4 is 6.08 Å². The Balaban J connectivity index is 2.47. The van der Waals surface area contributed by atoms with Crippen molar-refractivity contribution in [2.75, 3.05) is 6.61 Å². The summed E-state index contributed by atoms with van der Waals surface area (Å²) in [6.07, 6.45) is 1.80. The fourth-order valence-corrected chi connectivity index (χ4v) is 0.939. The van der Waals surface area contributed by atoms with Gasteiger partial charge in [0.15, 0.2) is 0 Å². The van der Waals surface area contributed by atoms with Crippen molar-refractivity contribution in [3.8, 4) is 5.75 Å². The summed E-state index contributed by atoms with van der Waals surface area (Å²) >= 11 is 0. The largest absolute Gasteiger partial charge is 0.493 e. The SMILES string of the molecule is [3H]CC(C)COc1ccc(C=C)cc1. The standard InChI is InChI=1S/C12H16O/c1-4-11-5-7-12(8-6-11)13-9-10(2)3/h4-8,10H,1,9H2,2-3H3/i2T. The van der Waals surface area contributed by atoms with Gasteiger partial charge in [0.2, 0.25) is 0 Å². The summed E-state index contributed by atoms with van der Waals surface area (Å²) in [6, 6.07) is 7.78. The van der Waals surface area contributed by atoms with E-state index in [0.717, 1.165) is 11.3 Å². The average molecular weight is 178 g/mol. The highest BCUT2D eigenvalue weighted by Gasteiger charge is 1.95. The number of ether oxygens (including phenoxy) is 1. The van der Waals surface area contributed by atoms with Gasteiger partial charge in [-0.2, -0.15) is 0 Å². The van der Waals surface area contributed by atoms with Crippen LogP contribution in [0.1, 0.15) is 20.8 Å². The van der Waals surface area contributed by atoms with Gasteiger partial charge in [-0.15, -0.1) is 0 Å². The molecule has 0 spiro atoms. The van der Waals surface area contributed by atoms with E-state index in [4.69, 9.17) is 6.11 Å². The molecule has 1 rings (SSSR count). The van der Waals surface area contributed by atoms with Crippen molar-refractivity contribution in [3.63, 3.8) is 0 Å². The van der Waals surface area contributed by atoms with Crippen LogP contribution in [0, 0.1) is 5.92 Å². The summed E-state index contributed by atoms with van der Waals surface area (Å²) in [5.74, 6) is 1.14. The summed E-state index contributed by atoms with van der Waals surface area (Å²) in [7, 11) is 0. The second kappa shape index (κ2) is 4.70. The zero-order chi connectivity index (χ0) is 10.4. The molecule has 1 heteroatoms. The van der Waals surface area contributed by atoms with E-state index < -0.39 is 0 Å². The van der Waals surface area contributed by atoms with Gasteiger partial charge in [-0.1, -0.05) is 38.6 Å². The lowest BCUT2D eigenvalue weighted by atomic mass is 10.2. The van der Waals surface area contributed by atoms with Crippen LogP contribution in [-0.2, 0) is 0 Å². The van der Waals surface area contributed by atoms with Gasteiger partial charge in [-0.05, 0) is 23.6 Å². The molecule has 1 unspecified atom stereocenters. The van der Waals surface area contributed by atoms with Crippen molar-refractivity contribution in [1.82, 2.24) is 0 Å². The molecule has 1 aromatic rings. The zero-order valence-electron chi connectivity index (χ0n) is 8.99. The number of benzene rings is 1. The molecule has 0 aromatic heterocycles. The molecular formula is C12H16O. The van der Waals surface area contributed by atoms with E-state index in [0.29, 0.717) is 13.5 Å². The van der Waals surface area contributed by atoms with Crippen LogP contribution in [-0.4, -0.2) is 6.61 Å². The highest BCUT2D eigenvalue weighted by Crippen LogP contribution is 2.13. The maximum Gasteiger partial charge on any atom is 0.119 e. The summed E-state index contributed by atoms with van der Waals surface area (Å²) in [6.45, 7) is 6.70. The van der Waals surface area contributed by atoms with Gasteiger partial charge in [0.05, 0.1) is 6.61 Å². The van der Waals surface area contributed by atoms with Crippen molar-refractivity contribution < 1.29 is 6.11 Å².